The molecule has 1 aromatic rings. The molecular weight excluding hydrogens is 240 g/mol. The van der Waals surface area contributed by atoms with Crippen LogP contribution in [0.5, 0.6) is 5.75 Å². The normalized spacial score (nSPS) is 22.8. The maximum Gasteiger partial charge on any atom is 0.306 e. The first-order valence-corrected chi connectivity index (χ1v) is 7.15. The quantitative estimate of drug-likeness (QED) is 0.761. The van der Waals surface area contributed by atoms with E-state index >= 15 is 0 Å². The van der Waals surface area contributed by atoms with E-state index in [9.17, 15) is 4.79 Å². The first-order chi connectivity index (χ1) is 9.28. The molecule has 0 N–H and O–H groups in total. The Balaban J connectivity index is 1.72. The molecule has 0 unspecified atom stereocenters. The Kier molecular flexibility index (Phi) is 5.25. The summed E-state index contributed by atoms with van der Waals surface area (Å²) in [7, 11) is 0. The van der Waals surface area contributed by atoms with Gasteiger partial charge in [-0.05, 0) is 50.7 Å². The molecule has 0 aromatic heterocycles. The molecule has 1 fully saturated rings. The summed E-state index contributed by atoms with van der Waals surface area (Å²) in [5.74, 6) is 1.35. The molecule has 3 nitrogen and oxygen atoms in total. The number of carbonyl (C=O) groups is 1. The molecule has 3 heteroatoms. The van der Waals surface area contributed by atoms with Crippen molar-refractivity contribution in [3.8, 4) is 5.75 Å². The lowest BCUT2D eigenvalue weighted by molar-refractivity contribution is -0.144. The Hall–Kier alpha value is -1.51. The number of hydrogen-bond donors (Lipinski definition) is 0. The Morgan fingerprint density at radius 3 is 2.47 bits per heavy atom. The van der Waals surface area contributed by atoms with Gasteiger partial charge in [0.05, 0.1) is 12.7 Å². The molecule has 0 atom stereocenters. The molecule has 0 spiro atoms. The van der Waals surface area contributed by atoms with Gasteiger partial charge in [-0.15, -0.1) is 0 Å². The number of esters is 1. The standard InChI is InChI=1S/C16H22O3/c1-2-18-16(17)12-13-8-10-15(11-9-13)19-14-6-4-3-5-7-14/h3-7,13,15H,2,8-12H2,1H3. The Bertz CT molecular complexity index is 380. The largest absolute Gasteiger partial charge is 0.490 e. The molecule has 0 amide bonds. The van der Waals surface area contributed by atoms with E-state index in [0.29, 0.717) is 25.0 Å². The highest BCUT2D eigenvalue weighted by molar-refractivity contribution is 5.69. The van der Waals surface area contributed by atoms with Crippen LogP contribution < -0.4 is 4.74 Å². The second-order valence-corrected chi connectivity index (χ2v) is 5.08. The van der Waals surface area contributed by atoms with Crippen molar-refractivity contribution in [3.63, 3.8) is 0 Å². The third-order valence-electron chi connectivity index (χ3n) is 3.60. The summed E-state index contributed by atoms with van der Waals surface area (Å²) >= 11 is 0. The third kappa shape index (κ3) is 4.58. The van der Waals surface area contributed by atoms with Crippen LogP contribution in [0.15, 0.2) is 30.3 Å². The molecule has 0 bridgehead atoms. The maximum absolute atomic E-state index is 11.4. The fourth-order valence-corrected chi connectivity index (χ4v) is 2.60. The summed E-state index contributed by atoms with van der Waals surface area (Å²) in [6.07, 6.45) is 5.01. The highest BCUT2D eigenvalue weighted by Gasteiger charge is 2.24. The molecule has 0 radical (unpaired) electrons. The van der Waals surface area contributed by atoms with Gasteiger partial charge in [0.1, 0.15) is 5.75 Å². The average Bonchev–Trinajstić information content (AvgIpc) is 2.42. The number of para-hydroxylation sites is 1. The highest BCUT2D eigenvalue weighted by Crippen LogP contribution is 2.29. The lowest BCUT2D eigenvalue weighted by Crippen LogP contribution is -2.25. The molecule has 1 aliphatic rings. The fraction of sp³-hybridized carbons (Fsp3) is 0.562. The number of rotatable bonds is 5. The topological polar surface area (TPSA) is 35.5 Å². The van der Waals surface area contributed by atoms with Crippen LogP contribution in [0.3, 0.4) is 0 Å². The van der Waals surface area contributed by atoms with E-state index in [4.69, 9.17) is 9.47 Å². The van der Waals surface area contributed by atoms with E-state index in [2.05, 4.69) is 0 Å². The van der Waals surface area contributed by atoms with Crippen LogP contribution in [0, 0.1) is 5.92 Å². The molecule has 0 saturated heterocycles. The first-order valence-electron chi connectivity index (χ1n) is 7.15. The molecule has 0 aliphatic heterocycles. The second-order valence-electron chi connectivity index (χ2n) is 5.08. The van der Waals surface area contributed by atoms with E-state index in [-0.39, 0.29) is 5.97 Å². The molecule has 104 valence electrons. The summed E-state index contributed by atoms with van der Waals surface area (Å²) in [6.45, 7) is 2.33. The minimum absolute atomic E-state index is 0.0603. The lowest BCUT2D eigenvalue weighted by atomic mass is 9.85. The van der Waals surface area contributed by atoms with Crippen LogP contribution in [0.1, 0.15) is 39.0 Å². The maximum atomic E-state index is 11.4. The van der Waals surface area contributed by atoms with Gasteiger partial charge in [-0.3, -0.25) is 4.79 Å². The van der Waals surface area contributed by atoms with Crippen LogP contribution in [0.4, 0.5) is 0 Å². The first kappa shape index (κ1) is 13.9. The molecule has 1 aromatic carbocycles. The molecule has 1 aliphatic carbocycles. The van der Waals surface area contributed by atoms with Gasteiger partial charge in [-0.25, -0.2) is 0 Å². The van der Waals surface area contributed by atoms with Gasteiger partial charge in [-0.2, -0.15) is 0 Å². The SMILES string of the molecule is CCOC(=O)CC1CCC(Oc2ccccc2)CC1. The highest BCUT2D eigenvalue weighted by atomic mass is 16.5. The summed E-state index contributed by atoms with van der Waals surface area (Å²) in [5.41, 5.74) is 0. The van der Waals surface area contributed by atoms with E-state index < -0.39 is 0 Å². The number of hydrogen-bond acceptors (Lipinski definition) is 3. The van der Waals surface area contributed by atoms with Gasteiger partial charge in [0.25, 0.3) is 0 Å². The van der Waals surface area contributed by atoms with Gasteiger partial charge >= 0.3 is 5.97 Å². The van der Waals surface area contributed by atoms with Crippen molar-refractivity contribution < 1.29 is 14.3 Å². The summed E-state index contributed by atoms with van der Waals surface area (Å²) in [6, 6.07) is 9.95. The lowest BCUT2D eigenvalue weighted by Gasteiger charge is -2.28. The predicted octanol–water partition coefficient (Wildman–Crippen LogP) is 3.58. The van der Waals surface area contributed by atoms with Crippen molar-refractivity contribution in [3.05, 3.63) is 30.3 Å². The van der Waals surface area contributed by atoms with Gasteiger partial charge in [0.15, 0.2) is 0 Å². The minimum atomic E-state index is -0.0603. The van der Waals surface area contributed by atoms with E-state index in [1.165, 1.54) is 0 Å². The average molecular weight is 262 g/mol. The van der Waals surface area contributed by atoms with Crippen molar-refractivity contribution in [1.29, 1.82) is 0 Å². The van der Waals surface area contributed by atoms with Gasteiger partial charge < -0.3 is 9.47 Å². The Morgan fingerprint density at radius 2 is 1.84 bits per heavy atom. The predicted molar refractivity (Wildman–Crippen MR) is 74.1 cm³/mol. The van der Waals surface area contributed by atoms with Crippen molar-refractivity contribution >= 4 is 5.97 Å². The van der Waals surface area contributed by atoms with Crippen molar-refractivity contribution in [1.82, 2.24) is 0 Å². The molecule has 2 rings (SSSR count). The Morgan fingerprint density at radius 1 is 1.16 bits per heavy atom. The molecule has 1 saturated carbocycles. The van der Waals surface area contributed by atoms with Gasteiger partial charge in [-0.1, -0.05) is 18.2 Å². The van der Waals surface area contributed by atoms with Crippen LogP contribution >= 0.6 is 0 Å². The third-order valence-corrected chi connectivity index (χ3v) is 3.60. The van der Waals surface area contributed by atoms with Crippen molar-refractivity contribution in [2.24, 2.45) is 5.92 Å². The monoisotopic (exact) mass is 262 g/mol. The Labute approximate surface area is 114 Å². The second kappa shape index (κ2) is 7.17. The minimum Gasteiger partial charge on any atom is -0.490 e. The van der Waals surface area contributed by atoms with E-state index in [1.54, 1.807) is 0 Å². The zero-order valence-electron chi connectivity index (χ0n) is 11.5. The molecular formula is C16H22O3. The van der Waals surface area contributed by atoms with E-state index in [1.807, 2.05) is 37.3 Å². The van der Waals surface area contributed by atoms with Crippen LogP contribution in [0.25, 0.3) is 0 Å². The number of ether oxygens (including phenoxy) is 2. The smallest absolute Gasteiger partial charge is 0.306 e. The van der Waals surface area contributed by atoms with Crippen molar-refractivity contribution in [2.45, 2.75) is 45.1 Å². The number of benzene rings is 1. The van der Waals surface area contributed by atoms with Crippen LogP contribution in [-0.4, -0.2) is 18.7 Å². The molecule has 0 heterocycles. The van der Waals surface area contributed by atoms with Gasteiger partial charge in [0, 0.05) is 6.42 Å². The number of carbonyl (C=O) groups excluding carboxylic acids is 1. The van der Waals surface area contributed by atoms with Gasteiger partial charge in [0.2, 0.25) is 0 Å². The zero-order valence-corrected chi connectivity index (χ0v) is 11.5. The van der Waals surface area contributed by atoms with Crippen LogP contribution in [0.2, 0.25) is 0 Å². The molecule has 19 heavy (non-hydrogen) atoms. The summed E-state index contributed by atoms with van der Waals surface area (Å²) < 4.78 is 10.9. The van der Waals surface area contributed by atoms with E-state index in [0.717, 1.165) is 31.4 Å². The fourth-order valence-electron chi connectivity index (χ4n) is 2.60. The summed E-state index contributed by atoms with van der Waals surface area (Å²) in [5, 5.41) is 0. The zero-order chi connectivity index (χ0) is 13.5. The van der Waals surface area contributed by atoms with Crippen molar-refractivity contribution in [2.75, 3.05) is 6.61 Å². The summed E-state index contributed by atoms with van der Waals surface area (Å²) in [4.78, 5) is 11.4. The van der Waals surface area contributed by atoms with Crippen LogP contribution in [-0.2, 0) is 9.53 Å².